The van der Waals surface area contributed by atoms with Gasteiger partial charge in [-0.05, 0) is 45.7 Å². The van der Waals surface area contributed by atoms with E-state index in [-0.39, 0.29) is 35.7 Å². The van der Waals surface area contributed by atoms with Gasteiger partial charge in [-0.2, -0.15) is 0 Å². The molecule has 1 aromatic carbocycles. The number of halogens is 1. The van der Waals surface area contributed by atoms with E-state index in [2.05, 4.69) is 72.5 Å². The first kappa shape index (κ1) is 27.8. The van der Waals surface area contributed by atoms with Gasteiger partial charge < -0.3 is 19.7 Å². The van der Waals surface area contributed by atoms with Crippen LogP contribution in [0.2, 0.25) is 0 Å². The highest BCUT2D eigenvalue weighted by Gasteiger charge is 2.13. The fourth-order valence-electron chi connectivity index (χ4n) is 2.75. The summed E-state index contributed by atoms with van der Waals surface area (Å²) in [5.41, 5.74) is 3.20. The zero-order valence-electron chi connectivity index (χ0n) is 19.8. The molecule has 0 amide bonds. The second kappa shape index (κ2) is 13.3. The quantitative estimate of drug-likeness (QED) is 0.254. The van der Waals surface area contributed by atoms with Gasteiger partial charge in [0.05, 0.1) is 31.0 Å². The van der Waals surface area contributed by atoms with Gasteiger partial charge in [0.2, 0.25) is 0 Å². The van der Waals surface area contributed by atoms with E-state index in [0.717, 1.165) is 23.2 Å². The zero-order valence-corrected chi connectivity index (χ0v) is 22.9. The van der Waals surface area contributed by atoms with Crippen molar-refractivity contribution in [3.63, 3.8) is 0 Å². The predicted molar refractivity (Wildman–Crippen MR) is 140 cm³/mol. The standard InChI is InChI=1S/C23H36N4O2S.HI/c1-8-24-22(27(6)14-20-16-30-21(26-20)17(2)28-7)25-13-18-10-9-11-19(12-18)15-29-23(3,4)5;/h9-12,16-17H,8,13-15H2,1-7H3,(H,24,25);1H. The number of ether oxygens (including phenoxy) is 2. The van der Waals surface area contributed by atoms with Gasteiger partial charge in [-0.3, -0.25) is 0 Å². The summed E-state index contributed by atoms with van der Waals surface area (Å²) in [5.74, 6) is 0.864. The summed E-state index contributed by atoms with van der Waals surface area (Å²) in [6, 6.07) is 8.43. The number of benzene rings is 1. The number of aliphatic imine (C=N–C) groups is 1. The number of thiazole rings is 1. The van der Waals surface area contributed by atoms with E-state index >= 15 is 0 Å². The molecule has 0 aliphatic rings. The Hall–Kier alpha value is -1.23. The molecule has 31 heavy (non-hydrogen) atoms. The lowest BCUT2D eigenvalue weighted by atomic mass is 10.1. The van der Waals surface area contributed by atoms with Crippen molar-refractivity contribution in [1.29, 1.82) is 0 Å². The van der Waals surface area contributed by atoms with Crippen molar-refractivity contribution in [3.05, 3.63) is 51.5 Å². The van der Waals surface area contributed by atoms with Gasteiger partial charge in [0, 0.05) is 26.1 Å². The Morgan fingerprint density at radius 1 is 1.29 bits per heavy atom. The van der Waals surface area contributed by atoms with Gasteiger partial charge in [-0.25, -0.2) is 9.98 Å². The molecule has 0 bridgehead atoms. The highest BCUT2D eigenvalue weighted by molar-refractivity contribution is 14.0. The van der Waals surface area contributed by atoms with Crippen LogP contribution in [0.25, 0.3) is 0 Å². The van der Waals surface area contributed by atoms with E-state index in [1.165, 1.54) is 11.1 Å². The molecule has 2 rings (SSSR count). The molecule has 2 aromatic rings. The Morgan fingerprint density at radius 2 is 2.00 bits per heavy atom. The monoisotopic (exact) mass is 560 g/mol. The third-order valence-electron chi connectivity index (χ3n) is 4.44. The lowest BCUT2D eigenvalue weighted by Crippen LogP contribution is -2.38. The fourth-order valence-corrected chi connectivity index (χ4v) is 3.60. The largest absolute Gasteiger partial charge is 0.375 e. The first-order valence-corrected chi connectivity index (χ1v) is 11.3. The van der Waals surface area contributed by atoms with Gasteiger partial charge in [-0.1, -0.05) is 24.3 Å². The van der Waals surface area contributed by atoms with Crippen molar-refractivity contribution in [1.82, 2.24) is 15.2 Å². The summed E-state index contributed by atoms with van der Waals surface area (Å²) in [6.45, 7) is 13.0. The van der Waals surface area contributed by atoms with E-state index in [0.29, 0.717) is 19.7 Å². The third-order valence-corrected chi connectivity index (χ3v) is 5.50. The Morgan fingerprint density at radius 3 is 2.65 bits per heavy atom. The molecule has 0 spiro atoms. The number of methoxy groups -OCH3 is 1. The van der Waals surface area contributed by atoms with Gasteiger partial charge in [0.1, 0.15) is 11.1 Å². The van der Waals surface area contributed by atoms with E-state index in [4.69, 9.17) is 14.5 Å². The maximum absolute atomic E-state index is 5.89. The van der Waals surface area contributed by atoms with E-state index in [1.54, 1.807) is 18.4 Å². The SMILES string of the molecule is CCNC(=NCc1cccc(COC(C)(C)C)c1)N(C)Cc1csc(C(C)OC)n1.I. The lowest BCUT2D eigenvalue weighted by molar-refractivity contribution is -0.0149. The number of rotatable bonds is 9. The van der Waals surface area contributed by atoms with Crippen molar-refractivity contribution in [2.45, 2.75) is 66.0 Å². The summed E-state index contributed by atoms with van der Waals surface area (Å²) < 4.78 is 11.3. The molecular formula is C23H37IN4O2S. The van der Waals surface area contributed by atoms with Crippen LogP contribution in [0.3, 0.4) is 0 Å². The van der Waals surface area contributed by atoms with Crippen LogP contribution in [0.5, 0.6) is 0 Å². The van der Waals surface area contributed by atoms with Crippen LogP contribution in [-0.4, -0.2) is 42.1 Å². The maximum atomic E-state index is 5.89. The van der Waals surface area contributed by atoms with Crippen LogP contribution in [0.4, 0.5) is 0 Å². The molecule has 1 aromatic heterocycles. The Balaban J connectivity index is 0.00000480. The van der Waals surface area contributed by atoms with Gasteiger partial charge in [-0.15, -0.1) is 35.3 Å². The summed E-state index contributed by atoms with van der Waals surface area (Å²) in [5, 5.41) is 6.46. The first-order valence-electron chi connectivity index (χ1n) is 10.4. The summed E-state index contributed by atoms with van der Waals surface area (Å²) in [7, 11) is 3.74. The highest BCUT2D eigenvalue weighted by Crippen LogP contribution is 2.21. The maximum Gasteiger partial charge on any atom is 0.194 e. The number of hydrogen-bond acceptors (Lipinski definition) is 5. The van der Waals surface area contributed by atoms with Crippen molar-refractivity contribution in [3.8, 4) is 0 Å². The molecule has 1 atom stereocenters. The number of nitrogens with zero attached hydrogens (tertiary/aromatic N) is 3. The van der Waals surface area contributed by atoms with Crippen LogP contribution in [0.1, 0.15) is 62.6 Å². The van der Waals surface area contributed by atoms with Crippen molar-refractivity contribution in [2.24, 2.45) is 4.99 Å². The minimum Gasteiger partial charge on any atom is -0.375 e. The number of aromatic nitrogens is 1. The molecule has 0 radical (unpaired) electrons. The molecular weight excluding hydrogens is 523 g/mol. The predicted octanol–water partition coefficient (Wildman–Crippen LogP) is 5.38. The molecule has 0 aliphatic carbocycles. The normalized spacial score (nSPS) is 12.9. The van der Waals surface area contributed by atoms with Gasteiger partial charge in [0.15, 0.2) is 5.96 Å². The molecule has 1 N–H and O–H groups in total. The van der Waals surface area contributed by atoms with Crippen LogP contribution >= 0.6 is 35.3 Å². The van der Waals surface area contributed by atoms with E-state index in [1.807, 2.05) is 14.0 Å². The average molecular weight is 561 g/mol. The molecule has 0 saturated carbocycles. The summed E-state index contributed by atoms with van der Waals surface area (Å²) in [6.07, 6.45) is 0.0190. The molecule has 0 saturated heterocycles. The van der Waals surface area contributed by atoms with E-state index in [9.17, 15) is 0 Å². The average Bonchev–Trinajstić information content (AvgIpc) is 3.17. The molecule has 0 fully saturated rings. The smallest absolute Gasteiger partial charge is 0.194 e. The topological polar surface area (TPSA) is 59.0 Å². The Bertz CT molecular complexity index is 820. The summed E-state index contributed by atoms with van der Waals surface area (Å²) in [4.78, 5) is 11.6. The molecule has 6 nitrogen and oxygen atoms in total. The number of nitrogens with one attached hydrogen (secondary N) is 1. The second-order valence-electron chi connectivity index (χ2n) is 8.30. The van der Waals surface area contributed by atoms with Crippen LogP contribution in [0.15, 0.2) is 34.6 Å². The van der Waals surface area contributed by atoms with Crippen LogP contribution in [0, 0.1) is 0 Å². The van der Waals surface area contributed by atoms with Crippen molar-refractivity contribution < 1.29 is 9.47 Å². The Labute approximate surface area is 208 Å². The van der Waals surface area contributed by atoms with Crippen LogP contribution < -0.4 is 5.32 Å². The molecule has 0 aliphatic heterocycles. The molecule has 174 valence electrons. The Kier molecular flexibility index (Phi) is 12.0. The minimum absolute atomic E-state index is 0. The number of guanidine groups is 1. The van der Waals surface area contributed by atoms with E-state index < -0.39 is 0 Å². The minimum atomic E-state index is -0.147. The first-order chi connectivity index (χ1) is 14.2. The lowest BCUT2D eigenvalue weighted by Gasteiger charge is -2.21. The fraction of sp³-hybridized carbons (Fsp3) is 0.565. The van der Waals surface area contributed by atoms with Crippen LogP contribution in [-0.2, 0) is 29.2 Å². The molecule has 8 heteroatoms. The second-order valence-corrected chi connectivity index (χ2v) is 9.19. The molecule has 1 unspecified atom stereocenters. The highest BCUT2D eigenvalue weighted by atomic mass is 127. The van der Waals surface area contributed by atoms with Gasteiger partial charge >= 0.3 is 0 Å². The molecule has 1 heterocycles. The zero-order chi connectivity index (χ0) is 22.1. The van der Waals surface area contributed by atoms with Crippen molar-refractivity contribution in [2.75, 3.05) is 20.7 Å². The van der Waals surface area contributed by atoms with Gasteiger partial charge in [0.25, 0.3) is 0 Å². The number of hydrogen-bond donors (Lipinski definition) is 1. The summed E-state index contributed by atoms with van der Waals surface area (Å²) >= 11 is 1.63. The third kappa shape index (κ3) is 9.84. The van der Waals surface area contributed by atoms with Crippen molar-refractivity contribution >= 4 is 41.3 Å².